The molecule has 3 aromatic heterocycles. The Bertz CT molecular complexity index is 1810. The number of hydrogen-bond acceptors (Lipinski definition) is 8. The second kappa shape index (κ2) is 12.6. The molecule has 0 aliphatic heterocycles. The van der Waals surface area contributed by atoms with Gasteiger partial charge in [0.05, 0.1) is 31.7 Å². The molecular weight excluding hydrogens is 570 g/mol. The fourth-order valence-electron chi connectivity index (χ4n) is 5.40. The van der Waals surface area contributed by atoms with Gasteiger partial charge in [-0.15, -0.1) is 0 Å². The van der Waals surface area contributed by atoms with Crippen molar-refractivity contribution >= 4 is 34.3 Å². The van der Waals surface area contributed by atoms with E-state index in [9.17, 15) is 14.7 Å². The number of anilines is 2. The molecule has 10 nitrogen and oxygen atoms in total. The lowest BCUT2D eigenvalue weighted by atomic mass is 10.0. The molecule has 0 saturated heterocycles. The van der Waals surface area contributed by atoms with Crippen molar-refractivity contribution in [2.75, 3.05) is 24.4 Å². The van der Waals surface area contributed by atoms with Crippen LogP contribution in [0.4, 0.5) is 11.6 Å². The van der Waals surface area contributed by atoms with Gasteiger partial charge in [-0.25, -0.2) is 9.97 Å². The number of aryl methyl sites for hydroxylation is 1. The van der Waals surface area contributed by atoms with Gasteiger partial charge in [-0.3, -0.25) is 14.6 Å². The molecular formula is C35H33N5O5. The Morgan fingerprint density at radius 1 is 0.911 bits per heavy atom. The Morgan fingerprint density at radius 2 is 1.56 bits per heavy atom. The molecule has 45 heavy (non-hydrogen) atoms. The van der Waals surface area contributed by atoms with Gasteiger partial charge in [-0.05, 0) is 77.9 Å². The first-order chi connectivity index (χ1) is 21.8. The van der Waals surface area contributed by atoms with Gasteiger partial charge in [0, 0.05) is 42.6 Å². The number of fused-ring (bicyclic) bond motifs is 1. The van der Waals surface area contributed by atoms with Crippen LogP contribution in [0.1, 0.15) is 23.1 Å². The Labute approximate surface area is 260 Å². The molecule has 3 heterocycles. The molecule has 228 valence electrons. The van der Waals surface area contributed by atoms with E-state index in [4.69, 9.17) is 14.5 Å². The van der Waals surface area contributed by atoms with E-state index < -0.39 is 17.8 Å². The quantitative estimate of drug-likeness (QED) is 0.190. The summed E-state index contributed by atoms with van der Waals surface area (Å²) in [5.41, 5.74) is 4.78. The number of benzene rings is 2. The van der Waals surface area contributed by atoms with Gasteiger partial charge >= 0.3 is 5.97 Å². The van der Waals surface area contributed by atoms with Gasteiger partial charge in [0.1, 0.15) is 23.1 Å². The van der Waals surface area contributed by atoms with Crippen molar-refractivity contribution in [3.8, 4) is 22.8 Å². The molecule has 0 radical (unpaired) electrons. The van der Waals surface area contributed by atoms with Crippen LogP contribution in [-0.4, -0.2) is 46.2 Å². The van der Waals surface area contributed by atoms with E-state index >= 15 is 0 Å². The SMILES string of the molecule is COc1ccc(CN(Cc2ccc(OC)cc2)c2nc(-c3cnccc3C)cc3cc(NC(=O)[C@@H]4C[C@@H]4C(=O)O)ncc23)cc1. The summed E-state index contributed by atoms with van der Waals surface area (Å²) in [4.78, 5) is 40.4. The highest BCUT2D eigenvalue weighted by atomic mass is 16.5. The number of nitrogens with one attached hydrogen (secondary N) is 1. The zero-order valence-corrected chi connectivity index (χ0v) is 25.2. The predicted octanol–water partition coefficient (Wildman–Crippen LogP) is 5.88. The highest BCUT2D eigenvalue weighted by Crippen LogP contribution is 2.40. The number of aliphatic carboxylic acids is 1. The van der Waals surface area contributed by atoms with Crippen molar-refractivity contribution in [1.82, 2.24) is 15.0 Å². The highest BCUT2D eigenvalue weighted by Gasteiger charge is 2.48. The van der Waals surface area contributed by atoms with E-state index in [2.05, 4.69) is 20.2 Å². The van der Waals surface area contributed by atoms with Gasteiger partial charge in [0.2, 0.25) is 5.91 Å². The Morgan fingerprint density at radius 3 is 2.11 bits per heavy atom. The summed E-state index contributed by atoms with van der Waals surface area (Å²) in [5, 5.41) is 13.7. The number of pyridine rings is 3. The average Bonchev–Trinajstić information content (AvgIpc) is 3.87. The third-order valence-corrected chi connectivity index (χ3v) is 8.07. The van der Waals surface area contributed by atoms with Crippen molar-refractivity contribution in [3.05, 3.63) is 102 Å². The molecule has 2 N–H and O–H groups in total. The van der Waals surface area contributed by atoms with Crippen molar-refractivity contribution < 1.29 is 24.2 Å². The number of nitrogens with zero attached hydrogens (tertiary/aromatic N) is 4. The third kappa shape index (κ3) is 6.54. The molecule has 1 fully saturated rings. The fraction of sp³-hybridized carbons (Fsp3) is 0.229. The lowest BCUT2D eigenvalue weighted by molar-refractivity contribution is -0.139. The number of methoxy groups -OCH3 is 2. The first-order valence-corrected chi connectivity index (χ1v) is 14.6. The van der Waals surface area contributed by atoms with Gasteiger partial charge in [-0.2, -0.15) is 0 Å². The van der Waals surface area contributed by atoms with Gasteiger partial charge < -0.3 is 24.8 Å². The number of carbonyl (C=O) groups excluding carboxylic acids is 1. The summed E-state index contributed by atoms with van der Waals surface area (Å²) in [6, 6.07) is 21.6. The molecule has 2 atom stereocenters. The predicted molar refractivity (Wildman–Crippen MR) is 171 cm³/mol. The maximum Gasteiger partial charge on any atom is 0.307 e. The summed E-state index contributed by atoms with van der Waals surface area (Å²) in [7, 11) is 3.29. The normalized spacial score (nSPS) is 15.4. The number of aromatic nitrogens is 3. The van der Waals surface area contributed by atoms with E-state index in [0.29, 0.717) is 25.3 Å². The van der Waals surface area contributed by atoms with Crippen LogP contribution in [0.15, 0.2) is 85.3 Å². The summed E-state index contributed by atoms with van der Waals surface area (Å²) >= 11 is 0. The minimum atomic E-state index is -0.956. The molecule has 1 aliphatic carbocycles. The number of carbonyl (C=O) groups is 2. The monoisotopic (exact) mass is 603 g/mol. The standard InChI is InChI=1S/C35H33N5O5/c1-21-12-13-36-17-29(21)31-14-24-15-32(39-34(41)27-16-28(27)35(42)43)37-18-30(24)33(38-31)40(19-22-4-8-25(44-2)9-5-22)20-23-6-10-26(45-3)11-7-23/h4-15,17-18,27-28H,16,19-20H2,1-3H3,(H,42,43)(H,37,39,41)/t27-,28+/m1/s1. The molecule has 1 aliphatic rings. The third-order valence-electron chi connectivity index (χ3n) is 8.07. The number of rotatable bonds is 11. The zero-order chi connectivity index (χ0) is 31.5. The van der Waals surface area contributed by atoms with E-state index in [1.807, 2.05) is 73.7 Å². The van der Waals surface area contributed by atoms with Gasteiger partial charge in [0.15, 0.2) is 0 Å². The second-order valence-electron chi connectivity index (χ2n) is 11.1. The minimum Gasteiger partial charge on any atom is -0.497 e. The number of hydrogen-bond donors (Lipinski definition) is 2. The summed E-state index contributed by atoms with van der Waals surface area (Å²) in [6.45, 7) is 3.11. The molecule has 0 spiro atoms. The van der Waals surface area contributed by atoms with Crippen LogP contribution in [0.25, 0.3) is 22.0 Å². The Kier molecular flexibility index (Phi) is 8.28. The van der Waals surface area contributed by atoms with Crippen LogP contribution >= 0.6 is 0 Å². The van der Waals surface area contributed by atoms with E-state index in [0.717, 1.165) is 56.0 Å². The number of carboxylic acids is 1. The topological polar surface area (TPSA) is 127 Å². The molecule has 10 heteroatoms. The molecule has 0 bridgehead atoms. The van der Waals surface area contributed by atoms with E-state index in [1.54, 1.807) is 32.8 Å². The van der Waals surface area contributed by atoms with Crippen molar-refractivity contribution in [2.45, 2.75) is 26.4 Å². The number of carboxylic acid groups (broad SMARTS) is 1. The Hall–Kier alpha value is -5.51. The minimum absolute atomic E-state index is 0.332. The molecule has 2 aromatic carbocycles. The number of amides is 1. The maximum absolute atomic E-state index is 12.8. The highest BCUT2D eigenvalue weighted by molar-refractivity contribution is 6.00. The zero-order valence-electron chi connectivity index (χ0n) is 25.2. The van der Waals surface area contributed by atoms with Crippen LogP contribution in [-0.2, 0) is 22.7 Å². The summed E-state index contributed by atoms with van der Waals surface area (Å²) < 4.78 is 10.7. The van der Waals surface area contributed by atoms with Crippen LogP contribution in [0.3, 0.4) is 0 Å². The van der Waals surface area contributed by atoms with Crippen LogP contribution in [0, 0.1) is 18.8 Å². The first kappa shape index (κ1) is 29.6. The first-order valence-electron chi connectivity index (χ1n) is 14.6. The lowest BCUT2D eigenvalue weighted by Crippen LogP contribution is -2.24. The maximum atomic E-state index is 12.8. The smallest absolute Gasteiger partial charge is 0.307 e. The van der Waals surface area contributed by atoms with Gasteiger partial charge in [0.25, 0.3) is 0 Å². The van der Waals surface area contributed by atoms with Crippen molar-refractivity contribution in [1.29, 1.82) is 0 Å². The fourth-order valence-corrected chi connectivity index (χ4v) is 5.40. The average molecular weight is 604 g/mol. The lowest BCUT2D eigenvalue weighted by Gasteiger charge is -2.26. The Balaban J connectivity index is 1.44. The van der Waals surface area contributed by atoms with Crippen LogP contribution in [0.2, 0.25) is 0 Å². The van der Waals surface area contributed by atoms with Crippen molar-refractivity contribution in [2.24, 2.45) is 11.8 Å². The summed E-state index contributed by atoms with van der Waals surface area (Å²) in [6.07, 6.45) is 5.59. The second-order valence-corrected chi connectivity index (χ2v) is 11.1. The molecule has 6 rings (SSSR count). The van der Waals surface area contributed by atoms with Crippen LogP contribution in [0.5, 0.6) is 11.5 Å². The largest absolute Gasteiger partial charge is 0.497 e. The molecule has 1 amide bonds. The van der Waals surface area contributed by atoms with Gasteiger partial charge in [-0.1, -0.05) is 24.3 Å². The summed E-state index contributed by atoms with van der Waals surface area (Å²) in [5.74, 6) is 0.130. The van der Waals surface area contributed by atoms with E-state index in [-0.39, 0.29) is 5.91 Å². The van der Waals surface area contributed by atoms with Crippen LogP contribution < -0.4 is 19.7 Å². The molecule has 5 aromatic rings. The van der Waals surface area contributed by atoms with Crippen molar-refractivity contribution in [3.63, 3.8) is 0 Å². The number of ether oxygens (including phenoxy) is 2. The molecule has 0 unspecified atom stereocenters. The molecule has 1 saturated carbocycles. The van der Waals surface area contributed by atoms with E-state index in [1.165, 1.54) is 0 Å².